The zero-order valence-electron chi connectivity index (χ0n) is 79.4. The standard InChI is InChI=1S/C31H20FN7O.C29H24FN7.2C27H22FN7/c32-25-9-5-4-8-22(25)24-16-34-17-27-28(24)37-30(36-27)29-23-13-19(10-11-26(23)38-39-29)20-12-21(15-33-14-20)35-31(40)18-6-2-1-3-7-18;30-24-6-2-1-5-21(24)23-15-32-16-26-27(23)34-29(33-26)28-22-12-19(7-8-25(22)35-36-28)20-11-18(13-31-14-20)17-37-9-3-4-10-37;1-35(2)15-16-9-18(12-29-11-16)17-7-8-23-20(10-17)26(34-33-23)27-31-24-14-30-13-21(25(24)32-27)19-5-3-4-6-22(19)28;1-15(2)31-18-9-17(11-29-12-18)16-7-8-23-20(10-16)26(35-34-23)27-32-24-14-30-13-21(25(24)33-27)19-5-3-4-6-22(19)28/h1-17H,(H,35,40)(H,36,37)(H,38,39);1-2,5-8,11-16H,3-4,9-10,17H2,(H,33,34)(H,35,36);3-14H,15H2,1-2H3,(H,31,32)(H,33,34);3-15,31H,1-2H3,(H,32,33)(H,34,35). The highest BCUT2D eigenvalue weighted by molar-refractivity contribution is 6.06. The van der Waals surface area contributed by atoms with E-state index in [1.54, 1.807) is 141 Å². The van der Waals surface area contributed by atoms with Crippen LogP contribution < -0.4 is 10.6 Å². The van der Waals surface area contributed by atoms with E-state index in [9.17, 15) is 22.4 Å². The number of fused-ring (bicyclic) bond motifs is 8. The van der Waals surface area contributed by atoms with Crippen molar-refractivity contribution >= 4 is 105 Å². The van der Waals surface area contributed by atoms with Gasteiger partial charge < -0.3 is 35.5 Å². The number of hydrogen-bond donors (Lipinski definition) is 10. The minimum Gasteiger partial charge on any atom is -0.382 e. The molecule has 1 fully saturated rings. The number of nitrogens with one attached hydrogen (secondary N) is 10. The molecule has 9 aromatic carbocycles. The summed E-state index contributed by atoms with van der Waals surface area (Å²) in [4.78, 5) is 84.6. The van der Waals surface area contributed by atoms with Crippen LogP contribution in [0.15, 0.2) is 324 Å². The number of pyridine rings is 8. The molecule has 0 atom stereocenters. The van der Waals surface area contributed by atoms with Gasteiger partial charge in [0.1, 0.15) is 68.1 Å². The summed E-state index contributed by atoms with van der Waals surface area (Å²) < 4.78 is 58.1. The van der Waals surface area contributed by atoms with Crippen molar-refractivity contribution in [3.05, 3.63) is 364 Å². The number of benzene rings is 9. The van der Waals surface area contributed by atoms with Crippen LogP contribution in [-0.4, -0.2) is 169 Å². The summed E-state index contributed by atoms with van der Waals surface area (Å²) in [7, 11) is 4.08. The average Bonchev–Trinajstić information content (AvgIpc) is 1.64. The Kier molecular flexibility index (Phi) is 24.8. The molecule has 16 aromatic heterocycles. The number of carbonyl (C=O) groups is 1. The van der Waals surface area contributed by atoms with Gasteiger partial charge in [0.2, 0.25) is 0 Å². The SMILES string of the molecule is CC(C)Nc1cncc(-c2ccc3[nH]nc(-c4nc5c(-c6ccccc6F)cncc5[nH]4)c3c2)c1.CN(C)Cc1cncc(-c2ccc3[nH]nc(-c4nc5c(-c6ccccc6F)cncc5[nH]4)c3c2)c1.Fc1ccccc1-c1cncc2[nH]c(-c3n[nH]c4ccc(-c5cncc(CN6CCCC6)c5)cc34)nc12.O=C(Nc1cncc(-c2ccc3[nH]nc(-c4nc5c(-c6ccccc6F)cncc5[nH]4)c3c2)c1)c1ccccc1. The molecule has 29 nitrogen and oxygen atoms in total. The summed E-state index contributed by atoms with van der Waals surface area (Å²) in [5.74, 6) is 0.826. The first kappa shape index (κ1) is 91.6. The molecule has 1 aliphatic rings. The Morgan fingerprint density at radius 3 is 0.993 bits per heavy atom. The molecule has 718 valence electrons. The molecule has 1 saturated heterocycles. The second-order valence-electron chi connectivity index (χ2n) is 36.4. The summed E-state index contributed by atoms with van der Waals surface area (Å²) in [6, 6.07) is 68.6. The van der Waals surface area contributed by atoms with E-state index in [4.69, 9.17) is 19.9 Å². The zero-order valence-corrected chi connectivity index (χ0v) is 79.4. The number of anilines is 2. The van der Waals surface area contributed by atoms with Crippen molar-refractivity contribution in [2.75, 3.05) is 37.8 Å². The fourth-order valence-corrected chi connectivity index (χ4v) is 18.7. The van der Waals surface area contributed by atoms with Gasteiger partial charge in [0.05, 0.1) is 86.5 Å². The van der Waals surface area contributed by atoms with Gasteiger partial charge in [-0.3, -0.25) is 70.0 Å². The maximum Gasteiger partial charge on any atom is 0.255 e. The monoisotopic (exact) mass is 1940 g/mol. The molecule has 25 aromatic rings. The highest BCUT2D eigenvalue weighted by Gasteiger charge is 2.26. The number of aromatic nitrogens is 24. The topological polar surface area (TPSA) is 380 Å². The van der Waals surface area contributed by atoms with Crippen molar-refractivity contribution in [2.24, 2.45) is 0 Å². The van der Waals surface area contributed by atoms with Gasteiger partial charge in [0, 0.05) is 181 Å². The van der Waals surface area contributed by atoms with E-state index in [1.165, 1.54) is 42.7 Å². The van der Waals surface area contributed by atoms with Crippen LogP contribution >= 0.6 is 0 Å². The van der Waals surface area contributed by atoms with Crippen LogP contribution in [0.25, 0.3) is 223 Å². The third kappa shape index (κ3) is 18.9. The molecule has 0 saturated carbocycles. The number of rotatable bonds is 20. The molecular formula is C114H88F4N28O. The fourth-order valence-electron chi connectivity index (χ4n) is 18.7. The number of hydrogen-bond acceptors (Lipinski definition) is 20. The first-order valence-corrected chi connectivity index (χ1v) is 47.6. The van der Waals surface area contributed by atoms with Crippen molar-refractivity contribution in [2.45, 2.75) is 45.8 Å². The number of carbonyl (C=O) groups excluding carboxylic acids is 1. The van der Waals surface area contributed by atoms with Gasteiger partial charge in [0.25, 0.3) is 5.91 Å². The number of halogens is 4. The molecule has 0 radical (unpaired) electrons. The van der Waals surface area contributed by atoms with Crippen molar-refractivity contribution in [1.29, 1.82) is 0 Å². The van der Waals surface area contributed by atoms with Gasteiger partial charge in [-0.1, -0.05) is 115 Å². The van der Waals surface area contributed by atoms with Gasteiger partial charge in [-0.15, -0.1) is 0 Å². The van der Waals surface area contributed by atoms with Crippen LogP contribution in [0.2, 0.25) is 0 Å². The lowest BCUT2D eigenvalue weighted by atomic mass is 10.0. The lowest BCUT2D eigenvalue weighted by Gasteiger charge is -2.14. The van der Waals surface area contributed by atoms with E-state index < -0.39 is 0 Å². The minimum atomic E-state index is -0.341. The van der Waals surface area contributed by atoms with Gasteiger partial charge in [-0.25, -0.2) is 37.5 Å². The number of imidazole rings is 4. The highest BCUT2D eigenvalue weighted by atomic mass is 19.1. The predicted molar refractivity (Wildman–Crippen MR) is 565 cm³/mol. The van der Waals surface area contributed by atoms with E-state index in [0.717, 1.165) is 131 Å². The predicted octanol–water partition coefficient (Wildman–Crippen LogP) is 24.2. The number of H-pyrrole nitrogens is 8. The van der Waals surface area contributed by atoms with E-state index in [2.05, 4.69) is 183 Å². The first-order chi connectivity index (χ1) is 72.0. The molecule has 0 unspecified atom stereocenters. The van der Waals surface area contributed by atoms with E-state index in [1.807, 2.05) is 124 Å². The Labute approximate surface area is 835 Å². The Bertz CT molecular complexity index is 9000. The van der Waals surface area contributed by atoms with E-state index >= 15 is 0 Å². The molecule has 17 heterocycles. The Morgan fingerprint density at radius 2 is 0.639 bits per heavy atom. The fraction of sp³-hybridized carbons (Fsp3) is 0.0965. The second-order valence-corrected chi connectivity index (χ2v) is 36.4. The third-order valence-corrected chi connectivity index (χ3v) is 25.6. The summed E-state index contributed by atoms with van der Waals surface area (Å²) >= 11 is 0. The lowest BCUT2D eigenvalue weighted by Crippen LogP contribution is -2.18. The number of nitrogens with zero attached hydrogens (tertiary/aromatic N) is 18. The molecule has 1 aliphatic heterocycles. The number of amides is 1. The van der Waals surface area contributed by atoms with E-state index in [0.29, 0.717) is 146 Å². The lowest BCUT2D eigenvalue weighted by molar-refractivity contribution is 0.102. The summed E-state index contributed by atoms with van der Waals surface area (Å²) in [5.41, 5.74) is 28.3. The van der Waals surface area contributed by atoms with Crippen molar-refractivity contribution in [3.63, 3.8) is 0 Å². The van der Waals surface area contributed by atoms with Gasteiger partial charge in [-0.05, 0) is 196 Å². The maximum atomic E-state index is 14.6. The molecule has 0 spiro atoms. The molecule has 26 rings (SSSR count). The van der Waals surface area contributed by atoms with Crippen LogP contribution in [0.3, 0.4) is 0 Å². The van der Waals surface area contributed by atoms with Crippen LogP contribution in [0.5, 0.6) is 0 Å². The highest BCUT2D eigenvalue weighted by Crippen LogP contribution is 2.42. The quantitative estimate of drug-likeness (QED) is 0.0317. The van der Waals surface area contributed by atoms with Gasteiger partial charge >= 0.3 is 0 Å². The van der Waals surface area contributed by atoms with Crippen LogP contribution in [-0.2, 0) is 13.1 Å². The molecule has 10 N–H and O–H groups in total. The maximum absolute atomic E-state index is 14.6. The van der Waals surface area contributed by atoms with Crippen LogP contribution in [0.4, 0.5) is 28.9 Å². The summed E-state index contributed by atoms with van der Waals surface area (Å²) in [6.07, 6.45) is 30.5. The zero-order chi connectivity index (χ0) is 99.7. The van der Waals surface area contributed by atoms with E-state index in [-0.39, 0.29) is 29.2 Å². The van der Waals surface area contributed by atoms with Gasteiger partial charge in [-0.2, -0.15) is 20.4 Å². The molecule has 147 heavy (non-hydrogen) atoms. The number of aromatic amines is 8. The third-order valence-electron chi connectivity index (χ3n) is 25.6. The van der Waals surface area contributed by atoms with Crippen molar-refractivity contribution in [1.82, 2.24) is 130 Å². The molecule has 0 bridgehead atoms. The minimum absolute atomic E-state index is 0.207. The number of likely N-dealkylation sites (tertiary alicyclic amines) is 1. The van der Waals surface area contributed by atoms with Crippen molar-refractivity contribution in [3.8, 4) is 135 Å². The van der Waals surface area contributed by atoms with Crippen LogP contribution in [0, 0.1) is 23.3 Å². The van der Waals surface area contributed by atoms with Gasteiger partial charge in [0.15, 0.2) is 23.3 Å². The van der Waals surface area contributed by atoms with Crippen LogP contribution in [0.1, 0.15) is 48.2 Å². The second kappa shape index (κ2) is 39.7. The molecule has 33 heteroatoms. The Balaban J connectivity index is 0.000000108. The summed E-state index contributed by atoms with van der Waals surface area (Å²) in [6.45, 7) is 8.24. The Hall–Kier alpha value is -19.1. The Morgan fingerprint density at radius 1 is 0.327 bits per heavy atom. The van der Waals surface area contributed by atoms with Crippen molar-refractivity contribution < 1.29 is 22.4 Å². The largest absolute Gasteiger partial charge is 0.382 e. The summed E-state index contributed by atoms with van der Waals surface area (Å²) in [5, 5.41) is 40.5. The molecular weight excluding hydrogens is 1850 g/mol. The normalized spacial score (nSPS) is 12.1. The molecule has 0 aliphatic carbocycles. The molecule has 1 amide bonds. The average molecular weight is 1940 g/mol. The smallest absolute Gasteiger partial charge is 0.255 e. The first-order valence-electron chi connectivity index (χ1n) is 47.6.